The van der Waals surface area contributed by atoms with E-state index in [0.29, 0.717) is 35.4 Å². The lowest BCUT2D eigenvalue weighted by atomic mass is 10.1. The van der Waals surface area contributed by atoms with Crippen LogP contribution >= 0.6 is 0 Å². The number of amides is 1. The number of carbonyl (C=O) groups is 1. The zero-order valence-electron chi connectivity index (χ0n) is 22.5. The van der Waals surface area contributed by atoms with Crippen LogP contribution in [0.15, 0.2) is 48.3 Å². The smallest absolute Gasteiger partial charge is 0.410 e. The molecule has 1 saturated heterocycles. The molecular weight excluding hydrogens is 490 g/mol. The summed E-state index contributed by atoms with van der Waals surface area (Å²) in [7, 11) is -3.91. The highest BCUT2D eigenvalue weighted by atomic mass is 32.2. The second kappa shape index (κ2) is 9.48. The molecule has 2 aromatic heterocycles. The van der Waals surface area contributed by atoms with Gasteiger partial charge in [0.2, 0.25) is 0 Å². The van der Waals surface area contributed by atoms with Gasteiger partial charge in [-0.2, -0.15) is 0 Å². The van der Waals surface area contributed by atoms with Crippen LogP contribution < -0.4 is 4.90 Å². The zero-order valence-corrected chi connectivity index (χ0v) is 23.3. The molecular formula is C27H35N5O4S. The summed E-state index contributed by atoms with van der Waals surface area (Å²) < 4.78 is 34.1. The first-order valence-electron chi connectivity index (χ1n) is 12.3. The Labute approximate surface area is 218 Å². The van der Waals surface area contributed by atoms with E-state index >= 15 is 0 Å². The number of fused-ring (bicyclic) bond motifs is 1. The van der Waals surface area contributed by atoms with Crippen molar-refractivity contribution in [1.82, 2.24) is 18.8 Å². The van der Waals surface area contributed by atoms with Gasteiger partial charge in [0.25, 0.3) is 10.0 Å². The molecule has 0 aliphatic carbocycles. The maximum atomic E-state index is 13.6. The van der Waals surface area contributed by atoms with Crippen molar-refractivity contribution in [1.29, 1.82) is 0 Å². The molecule has 0 N–H and O–H groups in total. The Bertz CT molecular complexity index is 1450. The monoisotopic (exact) mass is 525 g/mol. The molecule has 1 aromatic carbocycles. The van der Waals surface area contributed by atoms with Crippen molar-refractivity contribution in [2.45, 2.75) is 71.0 Å². The topological polar surface area (TPSA) is 97.6 Å². The summed E-state index contributed by atoms with van der Waals surface area (Å²) in [6.07, 6.45) is 2.61. The summed E-state index contributed by atoms with van der Waals surface area (Å²) >= 11 is 0. The number of rotatable bonds is 4. The molecule has 1 aliphatic heterocycles. The van der Waals surface area contributed by atoms with Gasteiger partial charge in [-0.15, -0.1) is 0 Å². The Kier molecular flexibility index (Phi) is 6.83. The Balaban J connectivity index is 1.79. The Morgan fingerprint density at radius 1 is 1.08 bits per heavy atom. The molecule has 3 heterocycles. The lowest BCUT2D eigenvalue weighted by Crippen LogP contribution is -2.59. The third-order valence-corrected chi connectivity index (χ3v) is 8.12. The fourth-order valence-corrected chi connectivity index (χ4v) is 5.88. The molecule has 0 saturated carbocycles. The van der Waals surface area contributed by atoms with Crippen molar-refractivity contribution < 1.29 is 17.9 Å². The minimum absolute atomic E-state index is 0.100. The number of piperazine rings is 1. The third-order valence-electron chi connectivity index (χ3n) is 6.46. The van der Waals surface area contributed by atoms with Gasteiger partial charge >= 0.3 is 6.09 Å². The van der Waals surface area contributed by atoms with Crippen LogP contribution in [0.1, 0.15) is 52.7 Å². The van der Waals surface area contributed by atoms with Crippen LogP contribution in [-0.4, -0.2) is 64.1 Å². The van der Waals surface area contributed by atoms with Crippen LogP contribution in [0.5, 0.6) is 0 Å². The van der Waals surface area contributed by atoms with Gasteiger partial charge in [0, 0.05) is 36.9 Å². The maximum Gasteiger partial charge on any atom is 0.410 e. The minimum Gasteiger partial charge on any atom is -0.444 e. The Morgan fingerprint density at radius 3 is 2.32 bits per heavy atom. The fraction of sp³-hybridized carbons (Fsp3) is 0.444. The number of aryl methyl sites for hydroxylation is 1. The molecule has 10 heteroatoms. The molecule has 0 radical (unpaired) electrons. The molecule has 4 rings (SSSR count). The van der Waals surface area contributed by atoms with Crippen LogP contribution in [0.4, 0.5) is 10.6 Å². The van der Waals surface area contributed by atoms with Crippen LogP contribution in [0.3, 0.4) is 0 Å². The van der Waals surface area contributed by atoms with Gasteiger partial charge in [0.05, 0.1) is 10.3 Å². The number of nitrogens with zero attached hydrogens (tertiary/aromatic N) is 5. The quantitative estimate of drug-likeness (QED) is 0.481. The second-order valence-corrected chi connectivity index (χ2v) is 12.6. The van der Waals surface area contributed by atoms with Crippen LogP contribution in [0, 0.1) is 6.92 Å². The lowest BCUT2D eigenvalue weighted by Gasteiger charge is -2.44. The van der Waals surface area contributed by atoms with E-state index in [1.165, 1.54) is 10.3 Å². The summed E-state index contributed by atoms with van der Waals surface area (Å²) in [5.74, 6) is 0.615. The van der Waals surface area contributed by atoms with Gasteiger partial charge in [-0.25, -0.2) is 27.2 Å². The first-order chi connectivity index (χ1) is 17.2. The van der Waals surface area contributed by atoms with E-state index < -0.39 is 15.6 Å². The van der Waals surface area contributed by atoms with E-state index in [-0.39, 0.29) is 28.7 Å². The van der Waals surface area contributed by atoms with E-state index in [1.54, 1.807) is 35.4 Å². The highest BCUT2D eigenvalue weighted by molar-refractivity contribution is 7.90. The van der Waals surface area contributed by atoms with Crippen molar-refractivity contribution in [3.8, 4) is 0 Å². The van der Waals surface area contributed by atoms with E-state index in [9.17, 15) is 13.2 Å². The molecule has 1 amide bonds. The number of aromatic nitrogens is 3. The van der Waals surface area contributed by atoms with Crippen molar-refractivity contribution in [3.63, 3.8) is 0 Å². The predicted molar refractivity (Wildman–Crippen MR) is 145 cm³/mol. The average molecular weight is 526 g/mol. The van der Waals surface area contributed by atoms with Gasteiger partial charge in [-0.1, -0.05) is 24.3 Å². The zero-order chi connectivity index (χ0) is 27.3. The SMILES string of the molecule is C=C(C)c1cn(S(=O)(=O)c2ccc(C)cc2)c2ncnc(N3CC(C)N(C(=O)OC(C)(C)C)CC3C)c12. The number of benzene rings is 1. The summed E-state index contributed by atoms with van der Waals surface area (Å²) in [5.41, 5.74) is 2.04. The maximum absolute atomic E-state index is 13.6. The number of carbonyl (C=O) groups excluding carboxylic acids is 1. The summed E-state index contributed by atoms with van der Waals surface area (Å²) in [4.78, 5) is 25.8. The number of hydrogen-bond donors (Lipinski definition) is 0. The standard InChI is InChI=1S/C27H35N5O4S/c1-17(2)22-15-32(37(34,35)21-11-9-18(3)10-12-21)25-23(22)24(28-16-29-25)30-13-20(5)31(14-19(30)4)26(33)36-27(6,7)8/h9-12,15-16,19-20H,1,13-14H2,2-8H3. The molecule has 1 aliphatic rings. The van der Waals surface area contributed by atoms with Crippen molar-refractivity contribution in [3.05, 3.63) is 54.5 Å². The molecule has 2 atom stereocenters. The van der Waals surface area contributed by atoms with Crippen LogP contribution in [0.2, 0.25) is 0 Å². The highest BCUT2D eigenvalue weighted by Gasteiger charge is 2.36. The summed E-state index contributed by atoms with van der Waals surface area (Å²) in [5, 5.41) is 0.621. The Morgan fingerprint density at radius 2 is 1.73 bits per heavy atom. The molecule has 1 fully saturated rings. The molecule has 2 unspecified atom stereocenters. The second-order valence-electron chi connectivity index (χ2n) is 10.8. The average Bonchev–Trinajstić information content (AvgIpc) is 3.20. The molecule has 0 bridgehead atoms. The first kappa shape index (κ1) is 26.7. The van der Waals surface area contributed by atoms with Crippen molar-refractivity contribution >= 4 is 38.5 Å². The highest BCUT2D eigenvalue weighted by Crippen LogP contribution is 2.36. The number of hydrogen-bond acceptors (Lipinski definition) is 7. The van der Waals surface area contributed by atoms with Crippen LogP contribution in [0.25, 0.3) is 16.6 Å². The van der Waals surface area contributed by atoms with E-state index in [0.717, 1.165) is 5.56 Å². The number of anilines is 1. The predicted octanol–water partition coefficient (Wildman–Crippen LogP) is 4.84. The third kappa shape index (κ3) is 5.07. The summed E-state index contributed by atoms with van der Waals surface area (Å²) in [6, 6.07) is 6.48. The van der Waals surface area contributed by atoms with Crippen LogP contribution in [-0.2, 0) is 14.8 Å². The molecule has 0 spiro atoms. The molecule has 3 aromatic rings. The fourth-order valence-electron chi connectivity index (χ4n) is 4.56. The van der Waals surface area contributed by atoms with Gasteiger partial charge in [-0.3, -0.25) is 0 Å². The Hall–Kier alpha value is -3.40. The van der Waals surface area contributed by atoms with Crippen molar-refractivity contribution in [2.75, 3.05) is 18.0 Å². The summed E-state index contributed by atoms with van der Waals surface area (Å²) in [6.45, 7) is 18.3. The minimum atomic E-state index is -3.91. The largest absolute Gasteiger partial charge is 0.444 e. The van der Waals surface area contributed by atoms with Gasteiger partial charge in [-0.05, 0) is 66.2 Å². The van der Waals surface area contributed by atoms with Crippen molar-refractivity contribution in [2.24, 2.45) is 0 Å². The van der Waals surface area contributed by atoms with Gasteiger partial charge < -0.3 is 14.5 Å². The van der Waals surface area contributed by atoms with Gasteiger partial charge in [0.1, 0.15) is 17.7 Å². The molecule has 198 valence electrons. The van der Waals surface area contributed by atoms with Gasteiger partial charge in [0.15, 0.2) is 5.65 Å². The molecule has 37 heavy (non-hydrogen) atoms. The number of ether oxygens (including phenoxy) is 1. The van der Waals surface area contributed by atoms with E-state index in [4.69, 9.17) is 4.74 Å². The first-order valence-corrected chi connectivity index (χ1v) is 13.7. The lowest BCUT2D eigenvalue weighted by molar-refractivity contribution is 0.0130. The van der Waals surface area contributed by atoms with E-state index in [2.05, 4.69) is 21.4 Å². The normalized spacial score (nSPS) is 18.8. The van der Waals surface area contributed by atoms with E-state index in [1.807, 2.05) is 48.5 Å². The molecule has 9 nitrogen and oxygen atoms in total. The number of allylic oxidation sites excluding steroid dienone is 1.